The van der Waals surface area contributed by atoms with Gasteiger partial charge in [0.1, 0.15) is 0 Å². The Morgan fingerprint density at radius 1 is 1.10 bits per heavy atom. The summed E-state index contributed by atoms with van der Waals surface area (Å²) in [5, 5.41) is 3.62. The summed E-state index contributed by atoms with van der Waals surface area (Å²) >= 11 is 0. The highest BCUT2D eigenvalue weighted by Crippen LogP contribution is 2.42. The van der Waals surface area contributed by atoms with Crippen molar-refractivity contribution in [1.82, 2.24) is 0 Å². The van der Waals surface area contributed by atoms with E-state index in [0.29, 0.717) is 12.5 Å². The van der Waals surface area contributed by atoms with Crippen LogP contribution in [0.1, 0.15) is 30.0 Å². The number of hydrogen-bond acceptors (Lipinski definition) is 2. The highest BCUT2D eigenvalue weighted by Gasteiger charge is 2.32. The second kappa shape index (κ2) is 6.00. The molecular formula is C18H20N2O. The minimum atomic E-state index is -0.296. The predicted molar refractivity (Wildman–Crippen MR) is 84.9 cm³/mol. The van der Waals surface area contributed by atoms with Gasteiger partial charge in [-0.2, -0.15) is 0 Å². The molecule has 21 heavy (non-hydrogen) atoms. The number of anilines is 1. The van der Waals surface area contributed by atoms with Crippen LogP contribution in [0.5, 0.6) is 0 Å². The molecule has 1 unspecified atom stereocenters. The Bertz CT molecular complexity index is 603. The zero-order chi connectivity index (χ0) is 14.7. The second-order valence-corrected chi connectivity index (χ2v) is 5.71. The van der Waals surface area contributed by atoms with Crippen LogP contribution in [-0.4, -0.2) is 5.91 Å². The second-order valence-electron chi connectivity index (χ2n) is 5.71. The average molecular weight is 280 g/mol. The lowest BCUT2D eigenvalue weighted by Gasteiger charge is -2.20. The maximum atomic E-state index is 10.9. The van der Waals surface area contributed by atoms with Crippen molar-refractivity contribution in [2.45, 2.75) is 25.3 Å². The fourth-order valence-electron chi connectivity index (χ4n) is 2.66. The molecular weight excluding hydrogens is 260 g/mol. The molecule has 0 radical (unpaired) electrons. The van der Waals surface area contributed by atoms with Gasteiger partial charge in [-0.3, -0.25) is 4.79 Å². The first-order valence-electron chi connectivity index (χ1n) is 7.41. The molecule has 0 aliphatic heterocycles. The van der Waals surface area contributed by atoms with Crippen molar-refractivity contribution in [1.29, 1.82) is 0 Å². The Hall–Kier alpha value is -2.29. The Labute approximate surface area is 125 Å². The Kier molecular flexibility index (Phi) is 3.91. The number of hydrogen-bond donors (Lipinski definition) is 2. The van der Waals surface area contributed by atoms with Crippen LogP contribution in [0.15, 0.2) is 54.6 Å². The third-order valence-corrected chi connectivity index (χ3v) is 3.91. The summed E-state index contributed by atoms with van der Waals surface area (Å²) in [5.41, 5.74) is 8.59. The van der Waals surface area contributed by atoms with Crippen LogP contribution in [0.2, 0.25) is 0 Å². The summed E-state index contributed by atoms with van der Waals surface area (Å²) in [6, 6.07) is 18.9. The van der Waals surface area contributed by atoms with E-state index in [1.54, 1.807) is 0 Å². The molecule has 0 spiro atoms. The largest absolute Gasteiger partial charge is 0.378 e. The van der Waals surface area contributed by atoms with Crippen LogP contribution in [-0.2, 0) is 11.2 Å². The molecule has 0 aromatic heterocycles. The molecule has 3 rings (SSSR count). The van der Waals surface area contributed by atoms with Gasteiger partial charge in [0, 0.05) is 5.69 Å². The number of carbonyl (C=O) groups is 1. The van der Waals surface area contributed by atoms with E-state index in [2.05, 4.69) is 29.6 Å². The van der Waals surface area contributed by atoms with Gasteiger partial charge in [0.2, 0.25) is 5.91 Å². The van der Waals surface area contributed by atoms with Crippen molar-refractivity contribution < 1.29 is 4.79 Å². The minimum Gasteiger partial charge on any atom is -0.378 e. The molecule has 0 heterocycles. The molecule has 3 heteroatoms. The van der Waals surface area contributed by atoms with Crippen LogP contribution in [0.25, 0.3) is 0 Å². The van der Waals surface area contributed by atoms with Crippen LogP contribution in [0.3, 0.4) is 0 Å². The van der Waals surface area contributed by atoms with Gasteiger partial charge < -0.3 is 11.1 Å². The van der Waals surface area contributed by atoms with Gasteiger partial charge in [0.05, 0.1) is 12.5 Å². The highest BCUT2D eigenvalue weighted by atomic mass is 16.1. The zero-order valence-electron chi connectivity index (χ0n) is 12.0. The zero-order valence-corrected chi connectivity index (χ0v) is 12.0. The van der Waals surface area contributed by atoms with E-state index in [4.69, 9.17) is 5.73 Å². The number of benzene rings is 2. The van der Waals surface area contributed by atoms with Gasteiger partial charge in [-0.15, -0.1) is 0 Å². The van der Waals surface area contributed by atoms with Crippen molar-refractivity contribution in [2.75, 3.05) is 5.32 Å². The van der Waals surface area contributed by atoms with Crippen molar-refractivity contribution in [2.24, 2.45) is 11.7 Å². The van der Waals surface area contributed by atoms with E-state index in [1.165, 1.54) is 18.4 Å². The number of amides is 1. The van der Waals surface area contributed by atoms with E-state index in [9.17, 15) is 4.79 Å². The van der Waals surface area contributed by atoms with E-state index < -0.39 is 0 Å². The van der Waals surface area contributed by atoms with Crippen molar-refractivity contribution in [3.05, 3.63) is 65.7 Å². The monoisotopic (exact) mass is 280 g/mol. The molecule has 1 amide bonds. The summed E-state index contributed by atoms with van der Waals surface area (Å²) in [4.78, 5) is 10.9. The van der Waals surface area contributed by atoms with Crippen LogP contribution < -0.4 is 11.1 Å². The van der Waals surface area contributed by atoms with Gasteiger partial charge in [0.15, 0.2) is 0 Å². The third kappa shape index (κ3) is 3.63. The van der Waals surface area contributed by atoms with E-state index >= 15 is 0 Å². The summed E-state index contributed by atoms with van der Waals surface area (Å²) in [6.45, 7) is 0. The summed E-state index contributed by atoms with van der Waals surface area (Å²) in [5.74, 6) is 0.425. The molecule has 3 nitrogen and oxygen atoms in total. The molecule has 0 saturated heterocycles. The molecule has 1 aliphatic rings. The Morgan fingerprint density at radius 2 is 1.76 bits per heavy atom. The van der Waals surface area contributed by atoms with Gasteiger partial charge in [0.25, 0.3) is 0 Å². The van der Waals surface area contributed by atoms with Crippen molar-refractivity contribution in [3.8, 4) is 0 Å². The maximum Gasteiger partial charge on any atom is 0.221 e. The Morgan fingerprint density at radius 3 is 2.33 bits per heavy atom. The van der Waals surface area contributed by atoms with E-state index in [-0.39, 0.29) is 5.91 Å². The third-order valence-electron chi connectivity index (χ3n) is 3.91. The predicted octanol–water partition coefficient (Wildman–Crippen LogP) is 3.28. The van der Waals surface area contributed by atoms with Gasteiger partial charge in [-0.1, -0.05) is 42.5 Å². The van der Waals surface area contributed by atoms with Gasteiger partial charge >= 0.3 is 0 Å². The molecule has 3 N–H and O–H groups in total. The fraction of sp³-hybridized carbons (Fsp3) is 0.278. The maximum absolute atomic E-state index is 10.9. The van der Waals surface area contributed by atoms with Gasteiger partial charge in [-0.25, -0.2) is 0 Å². The molecule has 108 valence electrons. The first kappa shape index (κ1) is 13.7. The molecule has 0 bridgehead atoms. The van der Waals surface area contributed by atoms with Crippen LogP contribution >= 0.6 is 0 Å². The van der Waals surface area contributed by atoms with Gasteiger partial charge in [-0.05, 0) is 42.0 Å². The summed E-state index contributed by atoms with van der Waals surface area (Å²) in [7, 11) is 0. The quantitative estimate of drug-likeness (QED) is 0.853. The first-order chi connectivity index (χ1) is 10.2. The number of carbonyl (C=O) groups excluding carboxylic acids is 1. The van der Waals surface area contributed by atoms with Crippen molar-refractivity contribution >= 4 is 11.6 Å². The molecule has 1 atom stereocenters. The normalized spacial score (nSPS) is 15.4. The molecule has 2 aromatic rings. The molecule has 1 fully saturated rings. The van der Waals surface area contributed by atoms with E-state index in [1.807, 2.05) is 30.3 Å². The summed E-state index contributed by atoms with van der Waals surface area (Å²) < 4.78 is 0. The van der Waals surface area contributed by atoms with E-state index in [0.717, 1.165) is 17.2 Å². The van der Waals surface area contributed by atoms with Crippen LogP contribution in [0, 0.1) is 5.92 Å². The lowest BCUT2D eigenvalue weighted by molar-refractivity contribution is -0.117. The minimum absolute atomic E-state index is 0.296. The highest BCUT2D eigenvalue weighted by molar-refractivity contribution is 5.76. The smallest absolute Gasteiger partial charge is 0.221 e. The lowest BCUT2D eigenvalue weighted by atomic mass is 10.0. The topological polar surface area (TPSA) is 55.1 Å². The van der Waals surface area contributed by atoms with Crippen LogP contribution in [0.4, 0.5) is 5.69 Å². The molecule has 2 aromatic carbocycles. The lowest BCUT2D eigenvalue weighted by Crippen LogP contribution is -2.14. The van der Waals surface area contributed by atoms with Crippen molar-refractivity contribution in [3.63, 3.8) is 0 Å². The molecule has 1 aliphatic carbocycles. The number of nitrogens with one attached hydrogen (secondary N) is 1. The molecule has 1 saturated carbocycles. The fourth-order valence-corrected chi connectivity index (χ4v) is 2.66. The number of primary amides is 1. The SMILES string of the molecule is NC(=O)Cc1ccc(NC(c2ccccc2)C2CC2)cc1. The first-order valence-corrected chi connectivity index (χ1v) is 7.41. The number of nitrogens with two attached hydrogens (primary N) is 1. The number of rotatable bonds is 6. The summed E-state index contributed by atoms with van der Waals surface area (Å²) in [6.07, 6.45) is 2.86. The standard InChI is InChI=1S/C18H20N2O/c19-17(21)12-13-6-10-16(11-7-13)20-18(15-8-9-15)14-4-2-1-3-5-14/h1-7,10-11,15,18,20H,8-9,12H2,(H2,19,21). The average Bonchev–Trinajstić information content (AvgIpc) is 3.31. The Balaban J connectivity index is 1.73.